The molecule has 1 aliphatic carbocycles. The molecule has 1 atom stereocenters. The fraction of sp³-hybridized carbons (Fsp3) is 0.800. The maximum atomic E-state index is 4.79. The van der Waals surface area contributed by atoms with Gasteiger partial charge in [0.15, 0.2) is 5.82 Å². The molecule has 1 unspecified atom stereocenters. The van der Waals surface area contributed by atoms with Gasteiger partial charge in [-0.2, -0.15) is 9.61 Å². The van der Waals surface area contributed by atoms with E-state index in [0.717, 1.165) is 23.1 Å². The Balaban J connectivity index is 1.46. The number of aryl methyl sites for hydroxylation is 1. The number of nitrogens with zero attached hydrogens (tertiary/aromatic N) is 4. The van der Waals surface area contributed by atoms with E-state index in [4.69, 9.17) is 5.10 Å². The highest BCUT2D eigenvalue weighted by atomic mass is 32.1. The van der Waals surface area contributed by atoms with Crippen molar-refractivity contribution < 1.29 is 0 Å². The first kappa shape index (κ1) is 13.6. The second kappa shape index (κ2) is 6.01. The molecule has 1 saturated heterocycles. The van der Waals surface area contributed by atoms with Gasteiger partial charge in [0.1, 0.15) is 5.01 Å². The molecular weight excluding hydrogens is 282 g/mol. The second-order valence-electron chi connectivity index (χ2n) is 6.48. The smallest absolute Gasteiger partial charge is 0.234 e. The predicted octanol–water partition coefficient (Wildman–Crippen LogP) is 2.78. The van der Waals surface area contributed by atoms with Crippen LogP contribution in [0.3, 0.4) is 0 Å². The zero-order valence-corrected chi connectivity index (χ0v) is 13.2. The third-order valence-electron chi connectivity index (χ3n) is 4.94. The molecule has 3 heterocycles. The molecule has 0 amide bonds. The van der Waals surface area contributed by atoms with Crippen molar-refractivity contribution in [1.29, 1.82) is 0 Å². The van der Waals surface area contributed by atoms with Crippen LogP contribution >= 0.6 is 11.3 Å². The van der Waals surface area contributed by atoms with Gasteiger partial charge >= 0.3 is 0 Å². The van der Waals surface area contributed by atoms with Crippen molar-refractivity contribution in [1.82, 2.24) is 25.1 Å². The van der Waals surface area contributed by atoms with Gasteiger partial charge in [-0.3, -0.25) is 0 Å². The van der Waals surface area contributed by atoms with E-state index in [9.17, 15) is 0 Å². The number of nitrogens with one attached hydrogen (secondary N) is 1. The quantitative estimate of drug-likeness (QED) is 0.943. The van der Waals surface area contributed by atoms with Gasteiger partial charge in [-0.15, -0.1) is 10.2 Å². The fourth-order valence-electron chi connectivity index (χ4n) is 3.71. The largest absolute Gasteiger partial charge is 0.316 e. The minimum Gasteiger partial charge on any atom is -0.316 e. The van der Waals surface area contributed by atoms with Gasteiger partial charge in [0.2, 0.25) is 4.96 Å². The maximum Gasteiger partial charge on any atom is 0.234 e. The van der Waals surface area contributed by atoms with E-state index < -0.39 is 0 Å². The Kier molecular flexibility index (Phi) is 3.90. The van der Waals surface area contributed by atoms with Crippen LogP contribution in [0.2, 0.25) is 0 Å². The Labute approximate surface area is 129 Å². The minimum atomic E-state index is 0.581. The van der Waals surface area contributed by atoms with Gasteiger partial charge in [0.05, 0.1) is 0 Å². The van der Waals surface area contributed by atoms with Crippen LogP contribution in [-0.2, 0) is 6.42 Å². The van der Waals surface area contributed by atoms with Gasteiger partial charge in [-0.25, -0.2) is 0 Å². The Morgan fingerprint density at radius 2 is 2.05 bits per heavy atom. The van der Waals surface area contributed by atoms with Crippen molar-refractivity contribution in [3.63, 3.8) is 0 Å². The molecule has 5 nitrogen and oxygen atoms in total. The molecule has 1 saturated carbocycles. The molecule has 0 bridgehead atoms. The summed E-state index contributed by atoms with van der Waals surface area (Å²) in [5.74, 6) is 2.50. The second-order valence-corrected chi connectivity index (χ2v) is 7.52. The van der Waals surface area contributed by atoms with Crippen molar-refractivity contribution in [2.45, 2.75) is 57.3 Å². The lowest BCUT2D eigenvalue weighted by Crippen LogP contribution is -2.29. The predicted molar refractivity (Wildman–Crippen MR) is 83.8 cm³/mol. The summed E-state index contributed by atoms with van der Waals surface area (Å²) in [7, 11) is 0. The minimum absolute atomic E-state index is 0.581. The number of rotatable bonds is 4. The van der Waals surface area contributed by atoms with E-state index in [1.807, 2.05) is 4.52 Å². The maximum absolute atomic E-state index is 4.79. The molecule has 0 spiro atoms. The summed E-state index contributed by atoms with van der Waals surface area (Å²) in [6, 6.07) is 0. The highest BCUT2D eigenvalue weighted by Crippen LogP contribution is 2.33. The molecule has 2 aromatic heterocycles. The molecule has 4 rings (SSSR count). The van der Waals surface area contributed by atoms with Gasteiger partial charge in [0, 0.05) is 12.3 Å². The van der Waals surface area contributed by atoms with Crippen LogP contribution < -0.4 is 5.32 Å². The summed E-state index contributed by atoms with van der Waals surface area (Å²) in [5, 5.41) is 18.2. The lowest BCUT2D eigenvalue weighted by Gasteiger charge is -2.21. The third-order valence-corrected chi connectivity index (χ3v) is 5.90. The van der Waals surface area contributed by atoms with Crippen LogP contribution in [0.5, 0.6) is 0 Å². The summed E-state index contributed by atoms with van der Waals surface area (Å²) >= 11 is 1.72. The van der Waals surface area contributed by atoms with Crippen molar-refractivity contribution in [2.24, 2.45) is 5.92 Å². The van der Waals surface area contributed by atoms with E-state index in [0.29, 0.717) is 5.92 Å². The molecule has 114 valence electrons. The monoisotopic (exact) mass is 305 g/mol. The molecular formula is C15H23N5S. The van der Waals surface area contributed by atoms with Gasteiger partial charge in [-0.05, 0) is 51.1 Å². The first-order chi connectivity index (χ1) is 10.4. The van der Waals surface area contributed by atoms with Crippen molar-refractivity contribution in [3.8, 4) is 0 Å². The van der Waals surface area contributed by atoms with E-state index in [1.165, 1.54) is 63.0 Å². The highest BCUT2D eigenvalue weighted by molar-refractivity contribution is 7.16. The lowest BCUT2D eigenvalue weighted by molar-refractivity contribution is 0.357. The van der Waals surface area contributed by atoms with Crippen molar-refractivity contribution >= 4 is 16.3 Å². The zero-order chi connectivity index (χ0) is 14.1. The van der Waals surface area contributed by atoms with E-state index >= 15 is 0 Å². The van der Waals surface area contributed by atoms with Crippen molar-refractivity contribution in [3.05, 3.63) is 10.8 Å². The first-order valence-corrected chi connectivity index (χ1v) is 9.13. The summed E-state index contributed by atoms with van der Waals surface area (Å²) in [4.78, 5) is 0.980. The van der Waals surface area contributed by atoms with Crippen LogP contribution in [0.4, 0.5) is 0 Å². The molecule has 0 radical (unpaired) electrons. The number of piperidine rings is 1. The summed E-state index contributed by atoms with van der Waals surface area (Å²) < 4.78 is 2.02. The van der Waals surface area contributed by atoms with Crippen LogP contribution in [-0.4, -0.2) is 32.9 Å². The topological polar surface area (TPSA) is 55.1 Å². The van der Waals surface area contributed by atoms with E-state index in [-0.39, 0.29) is 0 Å². The first-order valence-electron chi connectivity index (χ1n) is 8.32. The average molecular weight is 305 g/mol. The van der Waals surface area contributed by atoms with Crippen LogP contribution in [0.1, 0.15) is 61.7 Å². The number of fused-ring (bicyclic) bond motifs is 1. The Hall–Kier alpha value is -1.01. The summed E-state index contributed by atoms with van der Waals surface area (Å²) in [6.45, 7) is 2.37. The molecule has 1 N–H and O–H groups in total. The Bertz CT molecular complexity index is 592. The molecule has 2 aromatic rings. The highest BCUT2D eigenvalue weighted by Gasteiger charge is 2.24. The molecule has 1 aliphatic heterocycles. The standard InChI is InChI=1S/C15H23N5S/c1-2-6-12(5-1)14-17-18-15-20(14)19-13(21-15)8-7-11-4-3-9-16-10-11/h11-12,16H,1-10H2. The third kappa shape index (κ3) is 2.83. The lowest BCUT2D eigenvalue weighted by atomic mass is 9.95. The van der Waals surface area contributed by atoms with Gasteiger partial charge < -0.3 is 5.32 Å². The van der Waals surface area contributed by atoms with Crippen molar-refractivity contribution in [2.75, 3.05) is 13.1 Å². The summed E-state index contributed by atoms with van der Waals surface area (Å²) in [5.41, 5.74) is 0. The SMILES string of the molecule is C1CNCC(CCc2nn3c(C4CCCC4)nnc3s2)C1. The molecule has 0 aromatic carbocycles. The molecule has 6 heteroatoms. The normalized spacial score (nSPS) is 24.1. The number of hydrogen-bond acceptors (Lipinski definition) is 5. The molecule has 2 aliphatic rings. The van der Waals surface area contributed by atoms with Gasteiger partial charge in [-0.1, -0.05) is 24.2 Å². The van der Waals surface area contributed by atoms with E-state index in [1.54, 1.807) is 11.3 Å². The van der Waals surface area contributed by atoms with Crippen LogP contribution in [0.25, 0.3) is 4.96 Å². The van der Waals surface area contributed by atoms with E-state index in [2.05, 4.69) is 15.5 Å². The average Bonchev–Trinajstić information content (AvgIpc) is 3.22. The molecule has 21 heavy (non-hydrogen) atoms. The van der Waals surface area contributed by atoms with Crippen LogP contribution in [0, 0.1) is 5.92 Å². The van der Waals surface area contributed by atoms with Gasteiger partial charge in [0.25, 0.3) is 0 Å². The molecule has 2 fully saturated rings. The zero-order valence-electron chi connectivity index (χ0n) is 12.4. The summed E-state index contributed by atoms with van der Waals surface area (Å²) in [6.07, 6.45) is 10.2. The fourth-order valence-corrected chi connectivity index (χ4v) is 4.56. The number of hydrogen-bond donors (Lipinski definition) is 1. The van der Waals surface area contributed by atoms with Crippen LogP contribution in [0.15, 0.2) is 0 Å². The number of aromatic nitrogens is 4. The Morgan fingerprint density at radius 3 is 2.86 bits per heavy atom. The Morgan fingerprint density at radius 1 is 1.14 bits per heavy atom.